The second kappa shape index (κ2) is 5.21. The molecule has 1 fully saturated rings. The van der Waals surface area contributed by atoms with Crippen LogP contribution in [0.25, 0.3) is 10.5 Å². The van der Waals surface area contributed by atoms with E-state index in [4.69, 9.17) is 16.6 Å². The summed E-state index contributed by atoms with van der Waals surface area (Å²) in [6.07, 6.45) is -4.49. The van der Waals surface area contributed by atoms with E-state index in [2.05, 4.69) is 4.85 Å². The molecule has 6 nitrogen and oxygen atoms in total. The van der Waals surface area contributed by atoms with Gasteiger partial charge in [0.2, 0.25) is 11.8 Å². The number of rotatable bonds is 1. The van der Waals surface area contributed by atoms with Crippen molar-refractivity contribution in [3.8, 4) is 23.5 Å². The van der Waals surface area contributed by atoms with Crippen molar-refractivity contribution in [2.45, 2.75) is 43.7 Å². The van der Waals surface area contributed by atoms with Gasteiger partial charge in [0.15, 0.2) is 5.60 Å². The molecule has 28 heavy (non-hydrogen) atoms. The highest BCUT2D eigenvalue weighted by Gasteiger charge is 2.68. The SMILES string of the molecule is [C-]#[N+][C@@H]1CC2(C)OC1(C)c1c2c(O)n(-c2ccc(C#N)c(C(F)(F)F)c2)c1O. The third-order valence-electron chi connectivity index (χ3n) is 5.65. The standard InChI is InChI=1S/C19H14F3N3O3/c1-17-7-12(24-3)18(2,28-17)14-13(17)15(26)25(16(14)27)10-5-4-9(8-23)11(6-10)19(20,21)22/h4-6,12,26-27H,7H2,1-2H3/t12-,17?,18?/m1/s1. The molecule has 9 heteroatoms. The van der Waals surface area contributed by atoms with Gasteiger partial charge in [-0.1, -0.05) is 0 Å². The Bertz CT molecular complexity index is 1110. The first kappa shape index (κ1) is 18.2. The summed E-state index contributed by atoms with van der Waals surface area (Å²) in [5.74, 6) is -0.926. The topological polar surface area (TPSA) is 82.8 Å². The van der Waals surface area contributed by atoms with Crippen LogP contribution in [0.2, 0.25) is 0 Å². The van der Waals surface area contributed by atoms with Gasteiger partial charge in [-0.2, -0.15) is 18.4 Å². The van der Waals surface area contributed by atoms with Gasteiger partial charge in [-0.3, -0.25) is 4.57 Å². The molecule has 0 saturated carbocycles. The number of hydrogen-bond donors (Lipinski definition) is 2. The minimum atomic E-state index is -4.78. The summed E-state index contributed by atoms with van der Waals surface area (Å²) in [4.78, 5) is 3.55. The molecular weight excluding hydrogens is 375 g/mol. The van der Waals surface area contributed by atoms with Gasteiger partial charge in [0, 0.05) is 0 Å². The van der Waals surface area contributed by atoms with Gasteiger partial charge in [-0.15, -0.1) is 0 Å². The zero-order chi connectivity index (χ0) is 20.6. The highest BCUT2D eigenvalue weighted by Crippen LogP contribution is 2.65. The van der Waals surface area contributed by atoms with Crippen molar-refractivity contribution in [2.24, 2.45) is 0 Å². The molecule has 3 heterocycles. The van der Waals surface area contributed by atoms with Crippen LogP contribution in [0.1, 0.15) is 42.5 Å². The zero-order valence-corrected chi connectivity index (χ0v) is 14.8. The molecule has 2 aromatic rings. The molecular formula is C19H14F3N3O3. The number of halogens is 3. The molecule has 0 radical (unpaired) electrons. The van der Waals surface area contributed by atoms with Gasteiger partial charge in [-0.05, 0) is 32.0 Å². The van der Waals surface area contributed by atoms with Gasteiger partial charge in [0.1, 0.15) is 5.60 Å². The monoisotopic (exact) mass is 389 g/mol. The second-order valence-corrected chi connectivity index (χ2v) is 7.36. The summed E-state index contributed by atoms with van der Waals surface area (Å²) >= 11 is 0. The number of benzene rings is 1. The van der Waals surface area contributed by atoms with Crippen molar-refractivity contribution in [2.75, 3.05) is 0 Å². The molecule has 2 aliphatic heterocycles. The number of nitriles is 1. The fraction of sp³-hybridized carbons (Fsp3) is 0.368. The summed E-state index contributed by atoms with van der Waals surface area (Å²) in [6, 6.07) is 3.79. The average Bonchev–Trinajstić information content (AvgIpc) is 3.14. The summed E-state index contributed by atoms with van der Waals surface area (Å²) in [5, 5.41) is 30.5. The maximum Gasteiger partial charge on any atom is 0.417 e. The molecule has 2 bridgehead atoms. The molecule has 1 aromatic heterocycles. The Kier molecular flexibility index (Phi) is 3.39. The number of aromatic nitrogens is 1. The molecule has 144 valence electrons. The van der Waals surface area contributed by atoms with Gasteiger partial charge in [0.05, 0.1) is 40.4 Å². The third kappa shape index (κ3) is 2.05. The van der Waals surface area contributed by atoms with Crippen LogP contribution in [0.15, 0.2) is 18.2 Å². The van der Waals surface area contributed by atoms with E-state index in [-0.39, 0.29) is 23.2 Å². The van der Waals surface area contributed by atoms with E-state index in [0.717, 1.165) is 10.6 Å². The first-order valence-corrected chi connectivity index (χ1v) is 8.34. The van der Waals surface area contributed by atoms with Crippen LogP contribution in [0, 0.1) is 17.9 Å². The first-order valence-electron chi connectivity index (χ1n) is 8.34. The summed E-state index contributed by atoms with van der Waals surface area (Å²) < 4.78 is 46.8. The number of hydrogen-bond acceptors (Lipinski definition) is 4. The predicted octanol–water partition coefficient (Wildman–Crippen LogP) is 3.93. The lowest BCUT2D eigenvalue weighted by Gasteiger charge is -2.21. The lowest BCUT2D eigenvalue weighted by Crippen LogP contribution is -2.30. The maximum atomic E-state index is 13.3. The molecule has 0 aliphatic carbocycles. The zero-order valence-electron chi connectivity index (χ0n) is 14.8. The smallest absolute Gasteiger partial charge is 0.417 e. The van der Waals surface area contributed by atoms with Crippen molar-refractivity contribution in [1.82, 2.24) is 4.57 Å². The van der Waals surface area contributed by atoms with Crippen molar-refractivity contribution in [3.05, 3.63) is 51.9 Å². The van der Waals surface area contributed by atoms with Crippen LogP contribution in [0.3, 0.4) is 0 Å². The molecule has 4 rings (SSSR count). The number of ether oxygens (including phenoxy) is 1. The Labute approximate surface area is 157 Å². The Morgan fingerprint density at radius 1 is 1.29 bits per heavy atom. The fourth-order valence-electron chi connectivity index (χ4n) is 4.45. The van der Waals surface area contributed by atoms with Crippen LogP contribution in [-0.2, 0) is 22.1 Å². The number of alkyl halides is 3. The van der Waals surface area contributed by atoms with Crippen LogP contribution < -0.4 is 0 Å². The normalized spacial score (nSPS) is 28.0. The molecule has 2 aliphatic rings. The molecule has 2 unspecified atom stereocenters. The van der Waals surface area contributed by atoms with E-state index in [0.29, 0.717) is 6.07 Å². The van der Waals surface area contributed by atoms with Gasteiger partial charge < -0.3 is 19.8 Å². The summed E-state index contributed by atoms with van der Waals surface area (Å²) in [6.45, 7) is 10.7. The first-order chi connectivity index (χ1) is 13.0. The number of nitrogens with zero attached hydrogens (tertiary/aromatic N) is 3. The van der Waals surface area contributed by atoms with Crippen LogP contribution >= 0.6 is 0 Å². The molecule has 0 spiro atoms. The minimum absolute atomic E-state index is 0.151. The van der Waals surface area contributed by atoms with Crippen LogP contribution in [0.4, 0.5) is 13.2 Å². The summed E-state index contributed by atoms with van der Waals surface area (Å²) in [5.41, 5.74) is -3.63. The highest BCUT2D eigenvalue weighted by molar-refractivity contribution is 5.62. The fourth-order valence-corrected chi connectivity index (χ4v) is 4.45. The van der Waals surface area contributed by atoms with Gasteiger partial charge in [-0.25, -0.2) is 6.57 Å². The van der Waals surface area contributed by atoms with E-state index >= 15 is 0 Å². The maximum absolute atomic E-state index is 13.3. The molecule has 3 atom stereocenters. The van der Waals surface area contributed by atoms with Crippen molar-refractivity contribution >= 4 is 0 Å². The summed E-state index contributed by atoms with van der Waals surface area (Å²) in [7, 11) is 0. The Morgan fingerprint density at radius 3 is 2.50 bits per heavy atom. The van der Waals surface area contributed by atoms with Crippen molar-refractivity contribution in [3.63, 3.8) is 0 Å². The van der Waals surface area contributed by atoms with E-state index in [9.17, 15) is 23.4 Å². The Morgan fingerprint density at radius 2 is 1.93 bits per heavy atom. The van der Waals surface area contributed by atoms with Gasteiger partial charge >= 0.3 is 6.18 Å². The molecule has 1 aromatic carbocycles. The van der Waals surface area contributed by atoms with Crippen LogP contribution in [-0.4, -0.2) is 20.8 Å². The Balaban J connectivity index is 1.98. The van der Waals surface area contributed by atoms with E-state index < -0.39 is 46.3 Å². The highest BCUT2D eigenvalue weighted by atomic mass is 19.4. The van der Waals surface area contributed by atoms with E-state index in [1.54, 1.807) is 13.8 Å². The lowest BCUT2D eigenvalue weighted by atomic mass is 9.77. The predicted molar refractivity (Wildman–Crippen MR) is 89.6 cm³/mol. The average molecular weight is 389 g/mol. The van der Waals surface area contributed by atoms with E-state index in [1.807, 2.05) is 0 Å². The largest absolute Gasteiger partial charge is 0.494 e. The van der Waals surface area contributed by atoms with Crippen molar-refractivity contribution < 1.29 is 28.1 Å². The molecule has 2 N–H and O–H groups in total. The van der Waals surface area contributed by atoms with Gasteiger partial charge in [0.25, 0.3) is 6.04 Å². The van der Waals surface area contributed by atoms with Crippen LogP contribution in [0.5, 0.6) is 11.8 Å². The Hall–Kier alpha value is -3.17. The lowest BCUT2D eigenvalue weighted by molar-refractivity contribution is -0.137. The van der Waals surface area contributed by atoms with Crippen molar-refractivity contribution in [1.29, 1.82) is 5.26 Å². The second-order valence-electron chi connectivity index (χ2n) is 7.36. The molecule has 1 saturated heterocycles. The quantitative estimate of drug-likeness (QED) is 0.724. The third-order valence-corrected chi connectivity index (χ3v) is 5.65. The molecule has 0 amide bonds. The van der Waals surface area contributed by atoms with E-state index in [1.165, 1.54) is 12.1 Å². The number of fused-ring (bicyclic) bond motifs is 5. The minimum Gasteiger partial charge on any atom is -0.494 e. The number of aromatic hydroxyl groups is 2.